The second kappa shape index (κ2) is 8.60. The second-order valence-electron chi connectivity index (χ2n) is 4.44. The first-order valence-corrected chi connectivity index (χ1v) is 7.46. The maximum Gasteiger partial charge on any atom is 0.213 e. The van der Waals surface area contributed by atoms with Crippen LogP contribution in [0.25, 0.3) is 0 Å². The smallest absolute Gasteiger partial charge is 0.213 e. The minimum Gasteiger partial charge on any atom is -0.477 e. The molecule has 1 unspecified atom stereocenters. The zero-order valence-electron chi connectivity index (χ0n) is 11.1. The summed E-state index contributed by atoms with van der Waals surface area (Å²) in [4.78, 5) is 4.29. The lowest BCUT2D eigenvalue weighted by Crippen LogP contribution is -2.12. The van der Waals surface area contributed by atoms with Gasteiger partial charge in [-0.15, -0.1) is 11.6 Å². The molecular formula is C14H21Cl2NO. The number of rotatable bonds is 8. The van der Waals surface area contributed by atoms with Crippen LogP contribution in [0.1, 0.15) is 45.2 Å². The van der Waals surface area contributed by atoms with Crippen LogP contribution in [-0.4, -0.2) is 11.6 Å². The molecule has 0 spiro atoms. The van der Waals surface area contributed by atoms with Gasteiger partial charge in [0.15, 0.2) is 0 Å². The number of aromatic nitrogens is 1. The lowest BCUT2D eigenvalue weighted by molar-refractivity contribution is 0.225. The molecule has 0 N–H and O–H groups in total. The molecule has 0 aliphatic heterocycles. The van der Waals surface area contributed by atoms with Crippen molar-refractivity contribution in [1.29, 1.82) is 0 Å². The molecule has 0 aliphatic carbocycles. The first kappa shape index (κ1) is 15.6. The Hall–Kier alpha value is -0.470. The van der Waals surface area contributed by atoms with E-state index in [1.54, 1.807) is 12.1 Å². The van der Waals surface area contributed by atoms with Crippen molar-refractivity contribution < 1.29 is 4.74 Å². The van der Waals surface area contributed by atoms with Crippen molar-refractivity contribution in [3.05, 3.63) is 22.8 Å². The summed E-state index contributed by atoms with van der Waals surface area (Å²) in [6.45, 7) is 5.12. The number of alkyl halides is 1. The molecule has 0 bridgehead atoms. The van der Waals surface area contributed by atoms with E-state index in [-0.39, 0.29) is 0 Å². The van der Waals surface area contributed by atoms with Crippen LogP contribution in [0.5, 0.6) is 5.88 Å². The molecular weight excluding hydrogens is 269 g/mol. The summed E-state index contributed by atoms with van der Waals surface area (Å²) in [5.41, 5.74) is 0.678. The molecule has 4 heteroatoms. The van der Waals surface area contributed by atoms with E-state index in [0.29, 0.717) is 35.0 Å². The van der Waals surface area contributed by atoms with E-state index in [2.05, 4.69) is 18.8 Å². The Morgan fingerprint density at radius 1 is 1.33 bits per heavy atom. The summed E-state index contributed by atoms with van der Waals surface area (Å²) >= 11 is 11.7. The van der Waals surface area contributed by atoms with Gasteiger partial charge in [0.2, 0.25) is 5.88 Å². The van der Waals surface area contributed by atoms with Gasteiger partial charge >= 0.3 is 0 Å². The molecule has 0 amide bonds. The molecule has 0 radical (unpaired) electrons. The van der Waals surface area contributed by atoms with E-state index in [4.69, 9.17) is 27.9 Å². The van der Waals surface area contributed by atoms with E-state index < -0.39 is 0 Å². The third kappa shape index (κ3) is 5.03. The van der Waals surface area contributed by atoms with Crippen LogP contribution in [0.4, 0.5) is 0 Å². The highest BCUT2D eigenvalue weighted by Gasteiger charge is 2.09. The molecule has 0 saturated heterocycles. The molecule has 0 aromatic carbocycles. The lowest BCUT2D eigenvalue weighted by Gasteiger charge is -2.15. The summed E-state index contributed by atoms with van der Waals surface area (Å²) in [7, 11) is 0. The SMILES string of the molecule is CCCCC(CC)COc1ccc(Cl)c(CCl)n1. The topological polar surface area (TPSA) is 22.1 Å². The van der Waals surface area contributed by atoms with Crippen molar-refractivity contribution in [2.45, 2.75) is 45.4 Å². The Morgan fingerprint density at radius 2 is 2.11 bits per heavy atom. The number of unbranched alkanes of at least 4 members (excludes halogenated alkanes) is 1. The maximum atomic E-state index is 5.95. The van der Waals surface area contributed by atoms with Gasteiger partial charge in [0, 0.05) is 6.07 Å². The van der Waals surface area contributed by atoms with E-state index in [9.17, 15) is 0 Å². The highest BCUT2D eigenvalue weighted by atomic mass is 35.5. The average Bonchev–Trinajstić information content (AvgIpc) is 2.40. The molecule has 0 saturated carbocycles. The summed E-state index contributed by atoms with van der Waals surface area (Å²) in [6.07, 6.45) is 4.83. The van der Waals surface area contributed by atoms with Crippen LogP contribution < -0.4 is 4.74 Å². The van der Waals surface area contributed by atoms with Crippen LogP contribution in [-0.2, 0) is 5.88 Å². The molecule has 1 rings (SSSR count). The standard InChI is InChI=1S/C14H21Cl2NO/c1-3-5-6-11(4-2)10-18-14-8-7-12(16)13(9-15)17-14/h7-8,11H,3-6,9-10H2,1-2H3. The van der Waals surface area contributed by atoms with Crippen molar-refractivity contribution in [2.75, 3.05) is 6.61 Å². The summed E-state index contributed by atoms with van der Waals surface area (Å²) in [5.74, 6) is 1.52. The van der Waals surface area contributed by atoms with Crippen molar-refractivity contribution in [3.8, 4) is 5.88 Å². The molecule has 1 heterocycles. The van der Waals surface area contributed by atoms with Crippen molar-refractivity contribution in [3.63, 3.8) is 0 Å². The molecule has 0 fully saturated rings. The Kier molecular flexibility index (Phi) is 7.45. The Labute approximate surface area is 120 Å². The summed E-state index contributed by atoms with van der Waals surface area (Å²) in [5, 5.41) is 0.593. The fourth-order valence-electron chi connectivity index (χ4n) is 1.74. The predicted octanol–water partition coefficient (Wildman–Crippen LogP) is 5.07. The number of pyridine rings is 1. The molecule has 18 heavy (non-hydrogen) atoms. The number of ether oxygens (including phenoxy) is 1. The fourth-order valence-corrected chi connectivity index (χ4v) is 2.18. The van der Waals surface area contributed by atoms with Crippen molar-refractivity contribution in [1.82, 2.24) is 4.98 Å². The largest absolute Gasteiger partial charge is 0.477 e. The monoisotopic (exact) mass is 289 g/mol. The van der Waals surface area contributed by atoms with Gasteiger partial charge in [0.1, 0.15) is 0 Å². The highest BCUT2D eigenvalue weighted by Crippen LogP contribution is 2.21. The Bertz CT molecular complexity index is 358. The third-order valence-corrected chi connectivity index (χ3v) is 3.63. The van der Waals surface area contributed by atoms with E-state index in [0.717, 1.165) is 6.42 Å². The molecule has 1 aromatic rings. The van der Waals surface area contributed by atoms with E-state index in [1.807, 2.05) is 0 Å². The molecule has 2 nitrogen and oxygen atoms in total. The minimum atomic E-state index is 0.309. The zero-order chi connectivity index (χ0) is 13.4. The lowest BCUT2D eigenvalue weighted by atomic mass is 10.0. The Morgan fingerprint density at radius 3 is 2.72 bits per heavy atom. The quantitative estimate of drug-likeness (QED) is 0.624. The van der Waals surface area contributed by atoms with Gasteiger partial charge in [-0.3, -0.25) is 0 Å². The third-order valence-electron chi connectivity index (χ3n) is 3.03. The second-order valence-corrected chi connectivity index (χ2v) is 5.11. The maximum absolute atomic E-state index is 5.95. The normalized spacial score (nSPS) is 12.4. The van der Waals surface area contributed by atoms with Gasteiger partial charge in [-0.05, 0) is 18.4 Å². The van der Waals surface area contributed by atoms with Gasteiger partial charge in [0.25, 0.3) is 0 Å². The average molecular weight is 290 g/mol. The first-order valence-electron chi connectivity index (χ1n) is 6.55. The molecule has 1 aromatic heterocycles. The van der Waals surface area contributed by atoms with Crippen LogP contribution in [0.2, 0.25) is 5.02 Å². The van der Waals surface area contributed by atoms with Crippen molar-refractivity contribution in [2.24, 2.45) is 5.92 Å². The van der Waals surface area contributed by atoms with Crippen LogP contribution >= 0.6 is 23.2 Å². The molecule has 1 atom stereocenters. The van der Waals surface area contributed by atoms with Gasteiger partial charge in [-0.2, -0.15) is 0 Å². The number of nitrogens with zero attached hydrogens (tertiary/aromatic N) is 1. The Balaban J connectivity index is 2.51. The minimum absolute atomic E-state index is 0.309. The number of hydrogen-bond acceptors (Lipinski definition) is 2. The first-order chi connectivity index (χ1) is 8.71. The van der Waals surface area contributed by atoms with E-state index in [1.165, 1.54) is 19.3 Å². The van der Waals surface area contributed by atoms with E-state index >= 15 is 0 Å². The van der Waals surface area contributed by atoms with Gasteiger partial charge < -0.3 is 4.74 Å². The van der Waals surface area contributed by atoms with Gasteiger partial charge in [-0.25, -0.2) is 4.98 Å². The molecule has 102 valence electrons. The van der Waals surface area contributed by atoms with Gasteiger partial charge in [-0.1, -0.05) is 44.7 Å². The predicted molar refractivity (Wildman–Crippen MR) is 77.6 cm³/mol. The summed E-state index contributed by atoms with van der Waals surface area (Å²) < 4.78 is 5.73. The fraction of sp³-hybridized carbons (Fsp3) is 0.643. The number of halogens is 2. The number of hydrogen-bond donors (Lipinski definition) is 0. The summed E-state index contributed by atoms with van der Waals surface area (Å²) in [6, 6.07) is 3.58. The van der Waals surface area contributed by atoms with Crippen LogP contribution in [0, 0.1) is 5.92 Å². The van der Waals surface area contributed by atoms with Gasteiger partial charge in [0.05, 0.1) is 23.2 Å². The van der Waals surface area contributed by atoms with Crippen LogP contribution in [0.3, 0.4) is 0 Å². The van der Waals surface area contributed by atoms with Crippen molar-refractivity contribution >= 4 is 23.2 Å². The van der Waals surface area contributed by atoms with Crippen LogP contribution in [0.15, 0.2) is 12.1 Å². The molecule has 0 aliphatic rings. The highest BCUT2D eigenvalue weighted by molar-refractivity contribution is 6.32. The zero-order valence-corrected chi connectivity index (χ0v) is 12.6.